The molecule has 0 aliphatic carbocycles. The summed E-state index contributed by atoms with van der Waals surface area (Å²) < 4.78 is 0. The largest absolute Gasteiger partial charge is 0.371 e. The molecule has 1 fully saturated rings. The highest BCUT2D eigenvalue weighted by atomic mass is 16.1. The van der Waals surface area contributed by atoms with E-state index in [-0.39, 0.29) is 5.78 Å². The van der Waals surface area contributed by atoms with Crippen molar-refractivity contribution in [2.24, 2.45) is 4.99 Å². The monoisotopic (exact) mass is 549 g/mol. The van der Waals surface area contributed by atoms with E-state index in [1.807, 2.05) is 31.3 Å². The SMILES string of the molecule is C=C/C(C)=C\Cc1cnc(C2=CC(=O)C(=C)CC(/C=C\C(=C/C)N3CCC/C(=C/CCC)CC3)=N2)cc1C(=C)CC. The van der Waals surface area contributed by atoms with Crippen LogP contribution in [0.3, 0.4) is 0 Å². The zero-order valence-corrected chi connectivity index (χ0v) is 25.6. The average molecular weight is 550 g/mol. The summed E-state index contributed by atoms with van der Waals surface area (Å²) >= 11 is 0. The third-order valence-corrected chi connectivity index (χ3v) is 7.76. The van der Waals surface area contributed by atoms with Gasteiger partial charge in [-0.25, -0.2) is 0 Å². The van der Waals surface area contributed by atoms with Crippen molar-refractivity contribution in [1.29, 1.82) is 0 Å². The van der Waals surface area contributed by atoms with Crippen LogP contribution in [0.1, 0.15) is 89.5 Å². The smallest absolute Gasteiger partial charge is 0.183 e. The molecular formula is C37H47N3O. The van der Waals surface area contributed by atoms with E-state index in [0.29, 0.717) is 23.4 Å². The lowest BCUT2D eigenvalue weighted by Gasteiger charge is -2.23. The normalized spacial score (nSPS) is 18.3. The molecule has 4 heteroatoms. The van der Waals surface area contributed by atoms with Gasteiger partial charge in [-0.05, 0) is 92.9 Å². The number of aliphatic imine (C=N–C) groups is 1. The van der Waals surface area contributed by atoms with E-state index in [9.17, 15) is 4.79 Å². The Morgan fingerprint density at radius 2 is 2.00 bits per heavy atom. The van der Waals surface area contributed by atoms with E-state index in [1.54, 1.807) is 11.6 Å². The van der Waals surface area contributed by atoms with Crippen LogP contribution < -0.4 is 0 Å². The predicted octanol–water partition coefficient (Wildman–Crippen LogP) is 9.16. The number of pyridine rings is 1. The minimum Gasteiger partial charge on any atom is -0.371 e. The second-order valence-corrected chi connectivity index (χ2v) is 10.9. The summed E-state index contributed by atoms with van der Waals surface area (Å²) in [6.07, 6.45) is 24.0. The molecule has 0 atom stereocenters. The van der Waals surface area contributed by atoms with Crippen LogP contribution in [0.2, 0.25) is 0 Å². The number of aromatic nitrogens is 1. The van der Waals surface area contributed by atoms with Crippen molar-refractivity contribution in [2.75, 3.05) is 13.1 Å². The summed E-state index contributed by atoms with van der Waals surface area (Å²) in [5, 5.41) is 0. The van der Waals surface area contributed by atoms with Crippen molar-refractivity contribution in [3.05, 3.63) is 114 Å². The van der Waals surface area contributed by atoms with Crippen molar-refractivity contribution in [1.82, 2.24) is 9.88 Å². The molecule has 216 valence electrons. The Hall–Kier alpha value is -3.79. The van der Waals surface area contributed by atoms with Crippen LogP contribution in [0.25, 0.3) is 11.3 Å². The summed E-state index contributed by atoms with van der Waals surface area (Å²) in [6.45, 7) is 22.7. The minimum absolute atomic E-state index is 0.108. The maximum absolute atomic E-state index is 12.9. The number of allylic oxidation sites excluding steroid dienone is 10. The van der Waals surface area contributed by atoms with Crippen LogP contribution in [0.15, 0.2) is 102 Å². The topological polar surface area (TPSA) is 45.6 Å². The first-order valence-electron chi connectivity index (χ1n) is 15.0. The number of carbonyl (C=O) groups excluding carboxylic acids is 1. The fourth-order valence-corrected chi connectivity index (χ4v) is 5.04. The van der Waals surface area contributed by atoms with Gasteiger partial charge in [0.2, 0.25) is 0 Å². The van der Waals surface area contributed by atoms with Crippen LogP contribution in [-0.4, -0.2) is 34.5 Å². The first-order valence-corrected chi connectivity index (χ1v) is 15.0. The molecule has 0 aromatic carbocycles. The quantitative estimate of drug-likeness (QED) is 0.157. The molecule has 0 saturated carbocycles. The Kier molecular flexibility index (Phi) is 12.3. The molecular weight excluding hydrogens is 502 g/mol. The van der Waals surface area contributed by atoms with Crippen molar-refractivity contribution in [3.8, 4) is 0 Å². The molecule has 3 rings (SSSR count). The number of likely N-dealkylation sites (tertiary alicyclic amines) is 1. The molecule has 2 aliphatic heterocycles. The number of hydrogen-bond acceptors (Lipinski definition) is 4. The Morgan fingerprint density at radius 3 is 2.71 bits per heavy atom. The van der Waals surface area contributed by atoms with Crippen LogP contribution in [0, 0.1) is 0 Å². The Morgan fingerprint density at radius 1 is 1.20 bits per heavy atom. The van der Waals surface area contributed by atoms with E-state index < -0.39 is 0 Å². The number of nitrogens with zero attached hydrogens (tertiary/aromatic N) is 3. The van der Waals surface area contributed by atoms with Crippen molar-refractivity contribution in [3.63, 3.8) is 0 Å². The van der Waals surface area contributed by atoms with E-state index in [2.05, 4.69) is 69.7 Å². The van der Waals surface area contributed by atoms with E-state index in [4.69, 9.17) is 9.98 Å². The minimum atomic E-state index is -0.108. The zero-order valence-electron chi connectivity index (χ0n) is 25.6. The van der Waals surface area contributed by atoms with Gasteiger partial charge >= 0.3 is 0 Å². The third-order valence-electron chi connectivity index (χ3n) is 7.76. The highest BCUT2D eigenvalue weighted by Gasteiger charge is 2.18. The van der Waals surface area contributed by atoms with Crippen LogP contribution in [-0.2, 0) is 11.2 Å². The lowest BCUT2D eigenvalue weighted by Crippen LogP contribution is -2.23. The standard InChI is InChI=1S/C37H47N3O/c1-8-12-14-30-15-13-21-40(22-20-30)33(11-4)19-18-32-23-29(7)37(41)25-36(39-32)35-24-34(28(6)10-3)31(26-38-35)17-16-27(5)9-2/h9,11,14,16,18-19,24-26H,2,6-8,10,12-13,15,17,20-23H2,1,3-5H3/b19-18-,27-16-,30-14-,33-11+. The first kappa shape index (κ1) is 31.7. The molecule has 0 N–H and O–H groups in total. The highest BCUT2D eigenvalue weighted by Crippen LogP contribution is 2.28. The van der Waals surface area contributed by atoms with E-state index in [1.165, 1.54) is 25.0 Å². The summed E-state index contributed by atoms with van der Waals surface area (Å²) in [7, 11) is 0. The first-order chi connectivity index (χ1) is 19.8. The fraction of sp³-hybridized carbons (Fsp3) is 0.378. The molecule has 0 radical (unpaired) electrons. The number of ketones is 1. The number of rotatable bonds is 11. The van der Waals surface area contributed by atoms with Gasteiger partial charge in [0.05, 0.1) is 11.4 Å². The fourth-order valence-electron chi connectivity index (χ4n) is 5.04. The van der Waals surface area contributed by atoms with Gasteiger partial charge in [0, 0.05) is 43.2 Å². The Labute approximate surface area is 248 Å². The molecule has 0 amide bonds. The zero-order chi connectivity index (χ0) is 29.8. The van der Waals surface area contributed by atoms with Crippen molar-refractivity contribution >= 4 is 22.8 Å². The van der Waals surface area contributed by atoms with Crippen LogP contribution in [0.5, 0.6) is 0 Å². The maximum Gasteiger partial charge on any atom is 0.183 e. The van der Waals surface area contributed by atoms with Gasteiger partial charge in [-0.3, -0.25) is 14.8 Å². The number of hydrogen-bond donors (Lipinski definition) is 0. The molecule has 3 heterocycles. The van der Waals surface area contributed by atoms with E-state index >= 15 is 0 Å². The molecule has 0 spiro atoms. The Balaban J connectivity index is 1.90. The van der Waals surface area contributed by atoms with Gasteiger partial charge in [-0.1, -0.05) is 75.5 Å². The van der Waals surface area contributed by atoms with Gasteiger partial charge < -0.3 is 4.90 Å². The van der Waals surface area contributed by atoms with Crippen molar-refractivity contribution < 1.29 is 4.79 Å². The van der Waals surface area contributed by atoms with Crippen molar-refractivity contribution in [2.45, 2.75) is 79.1 Å². The lowest BCUT2D eigenvalue weighted by molar-refractivity contribution is -0.111. The lowest BCUT2D eigenvalue weighted by atomic mass is 9.96. The molecule has 4 nitrogen and oxygen atoms in total. The van der Waals surface area contributed by atoms with Crippen LogP contribution in [0.4, 0.5) is 0 Å². The summed E-state index contributed by atoms with van der Waals surface area (Å²) in [5.74, 6) is -0.108. The molecule has 0 unspecified atom stereocenters. The van der Waals surface area contributed by atoms with Gasteiger partial charge in [-0.2, -0.15) is 0 Å². The van der Waals surface area contributed by atoms with Gasteiger partial charge in [0.1, 0.15) is 0 Å². The van der Waals surface area contributed by atoms with Gasteiger partial charge in [-0.15, -0.1) is 0 Å². The predicted molar refractivity (Wildman–Crippen MR) is 177 cm³/mol. The summed E-state index contributed by atoms with van der Waals surface area (Å²) in [6, 6.07) is 2.02. The molecule has 0 bridgehead atoms. The highest BCUT2D eigenvalue weighted by molar-refractivity contribution is 6.15. The van der Waals surface area contributed by atoms with E-state index in [0.717, 1.165) is 66.8 Å². The molecule has 1 aromatic heterocycles. The second-order valence-electron chi connectivity index (χ2n) is 10.9. The number of unbranched alkanes of at least 4 members (excludes halogenated alkanes) is 1. The maximum atomic E-state index is 12.9. The number of carbonyl (C=O) groups is 1. The van der Waals surface area contributed by atoms with Crippen LogP contribution >= 0.6 is 0 Å². The van der Waals surface area contributed by atoms with Gasteiger partial charge in [0.15, 0.2) is 5.78 Å². The molecule has 1 saturated heterocycles. The third kappa shape index (κ3) is 9.11. The Bertz CT molecular complexity index is 1350. The summed E-state index contributed by atoms with van der Waals surface area (Å²) in [4.78, 5) is 25.1. The molecule has 1 aromatic rings. The van der Waals surface area contributed by atoms with Gasteiger partial charge in [0.25, 0.3) is 0 Å². The summed E-state index contributed by atoms with van der Waals surface area (Å²) in [5.41, 5.74) is 9.63. The molecule has 2 aliphatic rings. The second kappa shape index (κ2) is 15.9. The average Bonchev–Trinajstić information content (AvgIpc) is 3.31. The molecule has 41 heavy (non-hydrogen) atoms.